The standard InChI is InChI=1S/C37H39ClF3N3O4/c1-22(45)17-33(46)43-20-26-18-28(24-10-8-23(9-11-24)5-4-16-48-36-31(40)15-14-30(39)35(36)41)34(32(21-43)42-26)37(47)44(27-12-13-27)19-25-6-2-3-7-29(25)38/h2-3,6-11,14-15,22,26-27,32,42,45H,4-5,12-13,16-21H2,1H3/t22-,26+,32+/m1/s1. The van der Waals surface area contributed by atoms with Crippen LogP contribution in [0.2, 0.25) is 5.02 Å². The zero-order valence-electron chi connectivity index (χ0n) is 26.7. The van der Waals surface area contributed by atoms with Crippen LogP contribution in [0.3, 0.4) is 0 Å². The summed E-state index contributed by atoms with van der Waals surface area (Å²) in [5.74, 6) is -4.39. The Morgan fingerprint density at radius 1 is 1.04 bits per heavy atom. The molecule has 1 aliphatic carbocycles. The van der Waals surface area contributed by atoms with Crippen LogP contribution in [-0.4, -0.2) is 70.6 Å². The average Bonchev–Trinajstić information content (AvgIpc) is 3.91. The first-order valence-electron chi connectivity index (χ1n) is 16.4. The number of hydrogen-bond donors (Lipinski definition) is 2. The van der Waals surface area contributed by atoms with E-state index in [9.17, 15) is 27.9 Å². The molecule has 2 heterocycles. The van der Waals surface area contributed by atoms with Crippen molar-refractivity contribution in [2.24, 2.45) is 0 Å². The molecule has 2 N–H and O–H groups in total. The molecule has 1 saturated carbocycles. The van der Waals surface area contributed by atoms with Gasteiger partial charge in [-0.05, 0) is 79.5 Å². The number of carbonyl (C=O) groups excluding carboxylic acids is 2. The van der Waals surface area contributed by atoms with Crippen LogP contribution in [0.15, 0.2) is 66.2 Å². The van der Waals surface area contributed by atoms with E-state index in [2.05, 4.69) is 5.32 Å². The van der Waals surface area contributed by atoms with Gasteiger partial charge in [0.1, 0.15) is 0 Å². The number of nitrogens with one attached hydrogen (secondary N) is 1. The summed E-state index contributed by atoms with van der Waals surface area (Å²) < 4.78 is 46.6. The Bertz CT molecular complexity index is 1700. The van der Waals surface area contributed by atoms with Crippen LogP contribution in [0, 0.1) is 17.5 Å². The minimum atomic E-state index is -1.34. The number of ether oxygens (including phenoxy) is 1. The van der Waals surface area contributed by atoms with E-state index < -0.39 is 29.3 Å². The van der Waals surface area contributed by atoms with E-state index in [1.54, 1.807) is 11.8 Å². The maximum absolute atomic E-state index is 14.6. The average molecular weight is 682 g/mol. The molecule has 1 saturated heterocycles. The van der Waals surface area contributed by atoms with Crippen molar-refractivity contribution in [2.45, 2.75) is 76.2 Å². The Labute approximate surface area is 283 Å². The van der Waals surface area contributed by atoms with E-state index in [4.69, 9.17) is 16.3 Å². The molecule has 254 valence electrons. The first-order valence-corrected chi connectivity index (χ1v) is 16.8. The van der Waals surface area contributed by atoms with Crippen molar-refractivity contribution in [3.8, 4) is 5.75 Å². The van der Waals surface area contributed by atoms with E-state index in [1.807, 2.05) is 53.4 Å². The van der Waals surface area contributed by atoms with Gasteiger partial charge in [-0.3, -0.25) is 9.59 Å². The zero-order chi connectivity index (χ0) is 33.9. The van der Waals surface area contributed by atoms with Crippen LogP contribution in [0.25, 0.3) is 5.57 Å². The van der Waals surface area contributed by atoms with E-state index in [1.165, 1.54) is 0 Å². The van der Waals surface area contributed by atoms with E-state index in [0.29, 0.717) is 49.5 Å². The molecule has 0 spiro atoms. The summed E-state index contributed by atoms with van der Waals surface area (Å²) in [7, 11) is 0. The molecule has 3 aromatic rings. The Morgan fingerprint density at radius 3 is 2.48 bits per heavy atom. The minimum Gasteiger partial charge on any atom is -0.488 e. The lowest BCUT2D eigenvalue weighted by Gasteiger charge is -2.45. The summed E-state index contributed by atoms with van der Waals surface area (Å²) in [6.07, 6.45) is 2.64. The van der Waals surface area contributed by atoms with Crippen molar-refractivity contribution < 1.29 is 32.6 Å². The molecule has 48 heavy (non-hydrogen) atoms. The maximum Gasteiger partial charge on any atom is 0.252 e. The van der Waals surface area contributed by atoms with Crippen LogP contribution in [0.4, 0.5) is 13.2 Å². The third-order valence-corrected chi connectivity index (χ3v) is 9.53. The molecule has 6 rings (SSSR count). The number of aryl methyl sites for hydroxylation is 1. The molecule has 2 bridgehead atoms. The normalized spacial score (nSPS) is 19.7. The smallest absolute Gasteiger partial charge is 0.252 e. The Morgan fingerprint density at radius 2 is 1.77 bits per heavy atom. The Balaban J connectivity index is 1.24. The maximum atomic E-state index is 14.6. The Kier molecular flexibility index (Phi) is 10.4. The molecular weight excluding hydrogens is 643 g/mol. The van der Waals surface area contributed by atoms with Crippen molar-refractivity contribution in [1.82, 2.24) is 15.1 Å². The predicted molar refractivity (Wildman–Crippen MR) is 177 cm³/mol. The quantitative estimate of drug-likeness (QED) is 0.180. The van der Waals surface area contributed by atoms with E-state index in [-0.39, 0.29) is 43.0 Å². The van der Waals surface area contributed by atoms with Crippen LogP contribution < -0.4 is 10.1 Å². The number of carbonyl (C=O) groups is 2. The highest BCUT2D eigenvalue weighted by atomic mass is 35.5. The number of piperazine rings is 1. The summed E-state index contributed by atoms with van der Waals surface area (Å²) in [6.45, 7) is 2.78. The summed E-state index contributed by atoms with van der Waals surface area (Å²) in [5, 5.41) is 14.1. The number of aliphatic hydroxyl groups excluding tert-OH is 1. The lowest BCUT2D eigenvalue weighted by atomic mass is 9.82. The molecule has 0 unspecified atom stereocenters. The predicted octanol–water partition coefficient (Wildman–Crippen LogP) is 6.06. The van der Waals surface area contributed by atoms with Crippen molar-refractivity contribution >= 4 is 29.0 Å². The first-order chi connectivity index (χ1) is 23.1. The van der Waals surface area contributed by atoms with Crippen molar-refractivity contribution in [2.75, 3.05) is 19.7 Å². The van der Waals surface area contributed by atoms with Crippen LogP contribution in [0.1, 0.15) is 55.7 Å². The third-order valence-electron chi connectivity index (χ3n) is 9.17. The number of amides is 2. The molecule has 7 nitrogen and oxygen atoms in total. The van der Waals surface area contributed by atoms with Crippen molar-refractivity contribution in [3.63, 3.8) is 0 Å². The number of rotatable bonds is 12. The van der Waals surface area contributed by atoms with E-state index in [0.717, 1.165) is 47.2 Å². The topological polar surface area (TPSA) is 82.1 Å². The minimum absolute atomic E-state index is 0.00455. The van der Waals surface area contributed by atoms with Crippen LogP contribution in [-0.2, 0) is 22.6 Å². The summed E-state index contributed by atoms with van der Waals surface area (Å²) in [5.41, 5.74) is 4.33. The number of halogens is 4. The SMILES string of the molecule is C[C@@H](O)CC(=O)N1C[C@@H]2CC(c3ccc(CCCOc4c(F)ccc(F)c4F)cc3)=C(C(=O)N(Cc3ccccc3Cl)C3CC3)[C@H](C1)N2. The van der Waals surface area contributed by atoms with Crippen LogP contribution >= 0.6 is 11.6 Å². The van der Waals surface area contributed by atoms with Gasteiger partial charge >= 0.3 is 0 Å². The molecule has 2 fully saturated rings. The van der Waals surface area contributed by atoms with Crippen molar-refractivity contribution in [3.05, 3.63) is 105 Å². The number of fused-ring (bicyclic) bond motifs is 2. The Hall–Kier alpha value is -3.86. The van der Waals surface area contributed by atoms with Gasteiger partial charge in [0, 0.05) is 42.3 Å². The highest BCUT2D eigenvalue weighted by Crippen LogP contribution is 2.38. The third kappa shape index (κ3) is 7.72. The molecule has 2 amide bonds. The second kappa shape index (κ2) is 14.7. The van der Waals surface area contributed by atoms with Crippen LogP contribution in [0.5, 0.6) is 5.75 Å². The molecule has 3 aliphatic rings. The molecule has 3 aromatic carbocycles. The van der Waals surface area contributed by atoms with Gasteiger partial charge in [-0.25, -0.2) is 8.78 Å². The molecule has 2 aliphatic heterocycles. The van der Waals surface area contributed by atoms with Gasteiger partial charge in [0.15, 0.2) is 17.4 Å². The first kappa shape index (κ1) is 34.0. The summed E-state index contributed by atoms with van der Waals surface area (Å²) in [6, 6.07) is 16.6. The van der Waals surface area contributed by atoms with Gasteiger partial charge < -0.3 is 25.0 Å². The largest absolute Gasteiger partial charge is 0.488 e. The van der Waals surface area contributed by atoms with E-state index >= 15 is 0 Å². The second-order valence-electron chi connectivity index (χ2n) is 12.9. The summed E-state index contributed by atoms with van der Waals surface area (Å²) >= 11 is 6.52. The molecule has 11 heteroatoms. The van der Waals surface area contributed by atoms with Crippen molar-refractivity contribution in [1.29, 1.82) is 0 Å². The molecule has 0 radical (unpaired) electrons. The molecule has 3 atom stereocenters. The van der Waals surface area contributed by atoms with Gasteiger partial charge in [-0.15, -0.1) is 0 Å². The highest BCUT2D eigenvalue weighted by Gasteiger charge is 2.43. The monoisotopic (exact) mass is 681 g/mol. The lowest BCUT2D eigenvalue weighted by molar-refractivity contribution is -0.136. The fraction of sp³-hybridized carbons (Fsp3) is 0.405. The molecule has 0 aromatic heterocycles. The lowest BCUT2D eigenvalue weighted by Crippen LogP contribution is -2.62. The number of nitrogens with zero attached hydrogens (tertiary/aromatic N) is 2. The number of aliphatic hydroxyl groups is 1. The number of benzene rings is 3. The van der Waals surface area contributed by atoms with Gasteiger partial charge in [-0.1, -0.05) is 54.1 Å². The fourth-order valence-electron chi connectivity index (χ4n) is 6.63. The zero-order valence-corrected chi connectivity index (χ0v) is 27.5. The van der Waals surface area contributed by atoms with Gasteiger partial charge in [0.05, 0.1) is 25.2 Å². The van der Waals surface area contributed by atoms with Gasteiger partial charge in [0.2, 0.25) is 11.7 Å². The van der Waals surface area contributed by atoms with Gasteiger partial charge in [0.25, 0.3) is 5.91 Å². The second-order valence-corrected chi connectivity index (χ2v) is 13.3. The highest BCUT2D eigenvalue weighted by molar-refractivity contribution is 6.31. The fourth-order valence-corrected chi connectivity index (χ4v) is 6.83. The van der Waals surface area contributed by atoms with Gasteiger partial charge in [-0.2, -0.15) is 4.39 Å². The molecular formula is C37H39ClF3N3O4. The summed E-state index contributed by atoms with van der Waals surface area (Å²) in [4.78, 5) is 31.3. The number of hydrogen-bond acceptors (Lipinski definition) is 5.